The van der Waals surface area contributed by atoms with Gasteiger partial charge in [0, 0.05) is 14.7 Å². The largest absolute Gasteiger partial charge is 0.309 e. The molecule has 0 radical (unpaired) electrons. The fourth-order valence-electron chi connectivity index (χ4n) is 1.85. The van der Waals surface area contributed by atoms with E-state index >= 15 is 0 Å². The number of hydrogen-bond acceptors (Lipinski definition) is 2. The molecule has 0 amide bonds. The number of rotatable bonds is 3. The number of nitrogens with one attached hydrogen (secondary N) is 1. The molecule has 2 aromatic rings. The maximum absolute atomic E-state index is 13.3. The zero-order valence-corrected chi connectivity index (χ0v) is 12.0. The molecule has 1 N–H and O–H groups in total. The molecule has 1 unspecified atom stereocenters. The third kappa shape index (κ3) is 2.76. The lowest BCUT2D eigenvalue weighted by atomic mass is 10.00. The minimum absolute atomic E-state index is 0.0435. The van der Waals surface area contributed by atoms with Crippen LogP contribution in [-0.4, -0.2) is 7.05 Å². The summed E-state index contributed by atoms with van der Waals surface area (Å²) in [6.07, 6.45) is 0. The molecule has 4 heteroatoms. The predicted molar refractivity (Wildman–Crippen MR) is 74.1 cm³/mol. The van der Waals surface area contributed by atoms with Gasteiger partial charge in [0.1, 0.15) is 5.82 Å². The number of halogens is 2. The van der Waals surface area contributed by atoms with Crippen molar-refractivity contribution in [1.29, 1.82) is 0 Å². The lowest BCUT2D eigenvalue weighted by Crippen LogP contribution is -2.17. The summed E-state index contributed by atoms with van der Waals surface area (Å²) in [5.74, 6) is -0.193. The zero-order chi connectivity index (χ0) is 12.4. The van der Waals surface area contributed by atoms with Crippen molar-refractivity contribution in [3.63, 3.8) is 0 Å². The van der Waals surface area contributed by atoms with E-state index in [0.29, 0.717) is 0 Å². The van der Waals surface area contributed by atoms with Gasteiger partial charge in [-0.25, -0.2) is 4.39 Å². The second kappa shape index (κ2) is 5.29. The molecule has 1 heterocycles. The van der Waals surface area contributed by atoms with E-state index in [1.165, 1.54) is 10.9 Å². The Morgan fingerprint density at radius 2 is 2.12 bits per heavy atom. The summed E-state index contributed by atoms with van der Waals surface area (Å²) >= 11 is 5.10. The molecule has 0 aliphatic heterocycles. The van der Waals surface area contributed by atoms with Crippen LogP contribution in [0.4, 0.5) is 4.39 Å². The first-order valence-corrected chi connectivity index (χ1v) is 6.96. The van der Waals surface area contributed by atoms with Crippen LogP contribution in [0.1, 0.15) is 22.0 Å². The monoisotopic (exact) mass is 313 g/mol. The van der Waals surface area contributed by atoms with E-state index in [0.717, 1.165) is 15.6 Å². The van der Waals surface area contributed by atoms with Gasteiger partial charge in [0.25, 0.3) is 0 Å². The van der Waals surface area contributed by atoms with Crippen LogP contribution in [-0.2, 0) is 0 Å². The molecule has 0 saturated heterocycles. The van der Waals surface area contributed by atoms with E-state index in [2.05, 4.69) is 27.3 Å². The van der Waals surface area contributed by atoms with Crippen LogP contribution in [0.3, 0.4) is 0 Å². The van der Waals surface area contributed by atoms with Crippen molar-refractivity contribution in [2.45, 2.75) is 13.0 Å². The molecule has 1 aromatic carbocycles. The molecule has 0 aliphatic rings. The molecule has 17 heavy (non-hydrogen) atoms. The molecule has 0 bridgehead atoms. The van der Waals surface area contributed by atoms with E-state index in [1.807, 2.05) is 25.4 Å². The molecular formula is C13H13BrFNS. The van der Waals surface area contributed by atoms with Crippen LogP contribution in [0.5, 0.6) is 0 Å². The molecule has 0 aliphatic carbocycles. The number of benzene rings is 1. The first-order chi connectivity index (χ1) is 8.11. The molecule has 0 spiro atoms. The van der Waals surface area contributed by atoms with Crippen molar-refractivity contribution in [1.82, 2.24) is 5.32 Å². The summed E-state index contributed by atoms with van der Waals surface area (Å²) in [5, 5.41) is 5.27. The van der Waals surface area contributed by atoms with Gasteiger partial charge in [-0.1, -0.05) is 6.07 Å². The maximum atomic E-state index is 13.3. The summed E-state index contributed by atoms with van der Waals surface area (Å²) in [6.45, 7) is 2.00. The van der Waals surface area contributed by atoms with Gasteiger partial charge in [0.05, 0.1) is 6.04 Å². The smallest absolute Gasteiger partial charge is 0.123 e. The van der Waals surface area contributed by atoms with Crippen molar-refractivity contribution in [3.05, 3.63) is 55.9 Å². The highest BCUT2D eigenvalue weighted by Gasteiger charge is 2.16. The Balaban J connectivity index is 2.45. The SMILES string of the molecule is CNC(c1cc(Br)cs1)c1cc(F)ccc1C. The Kier molecular flexibility index (Phi) is 3.97. The van der Waals surface area contributed by atoms with Gasteiger partial charge in [0.15, 0.2) is 0 Å². The normalized spacial score (nSPS) is 12.7. The van der Waals surface area contributed by atoms with Gasteiger partial charge in [-0.2, -0.15) is 0 Å². The minimum Gasteiger partial charge on any atom is -0.309 e. The first-order valence-electron chi connectivity index (χ1n) is 5.29. The Morgan fingerprint density at radius 3 is 2.71 bits per heavy atom. The zero-order valence-electron chi connectivity index (χ0n) is 9.63. The number of thiophene rings is 1. The van der Waals surface area contributed by atoms with Gasteiger partial charge < -0.3 is 5.32 Å². The highest BCUT2D eigenvalue weighted by Crippen LogP contribution is 2.31. The third-order valence-electron chi connectivity index (χ3n) is 2.71. The average Bonchev–Trinajstić information content (AvgIpc) is 2.71. The van der Waals surface area contributed by atoms with E-state index in [9.17, 15) is 4.39 Å². The predicted octanol–water partition coefficient (Wildman–Crippen LogP) is 4.27. The van der Waals surface area contributed by atoms with Crippen LogP contribution in [0.15, 0.2) is 34.1 Å². The van der Waals surface area contributed by atoms with Crippen molar-refractivity contribution in [3.8, 4) is 0 Å². The molecule has 0 saturated carbocycles. The second-order valence-corrected chi connectivity index (χ2v) is 5.75. The highest BCUT2D eigenvalue weighted by atomic mass is 79.9. The van der Waals surface area contributed by atoms with Gasteiger partial charge in [-0.3, -0.25) is 0 Å². The van der Waals surface area contributed by atoms with E-state index in [4.69, 9.17) is 0 Å². The summed E-state index contributed by atoms with van der Waals surface area (Å²) < 4.78 is 14.4. The van der Waals surface area contributed by atoms with Crippen molar-refractivity contribution >= 4 is 27.3 Å². The summed E-state index contributed by atoms with van der Waals surface area (Å²) in [5.41, 5.74) is 2.08. The van der Waals surface area contributed by atoms with Crippen molar-refractivity contribution in [2.75, 3.05) is 7.05 Å². The van der Waals surface area contributed by atoms with E-state index < -0.39 is 0 Å². The number of hydrogen-bond donors (Lipinski definition) is 1. The van der Waals surface area contributed by atoms with Crippen LogP contribution >= 0.6 is 27.3 Å². The topological polar surface area (TPSA) is 12.0 Å². The second-order valence-electron chi connectivity index (χ2n) is 3.89. The summed E-state index contributed by atoms with van der Waals surface area (Å²) in [4.78, 5) is 1.17. The van der Waals surface area contributed by atoms with Gasteiger partial charge >= 0.3 is 0 Å². The molecule has 0 fully saturated rings. The average molecular weight is 314 g/mol. The fourth-order valence-corrected chi connectivity index (χ4v) is 3.42. The molecule has 1 nitrogen and oxygen atoms in total. The number of aryl methyl sites for hydroxylation is 1. The lowest BCUT2D eigenvalue weighted by molar-refractivity contribution is 0.616. The van der Waals surface area contributed by atoms with Crippen LogP contribution in [0.25, 0.3) is 0 Å². The molecule has 1 atom stereocenters. The van der Waals surface area contributed by atoms with Crippen LogP contribution in [0.2, 0.25) is 0 Å². The molecule has 90 valence electrons. The van der Waals surface area contributed by atoms with Crippen molar-refractivity contribution in [2.24, 2.45) is 0 Å². The molecular weight excluding hydrogens is 301 g/mol. The highest BCUT2D eigenvalue weighted by molar-refractivity contribution is 9.10. The van der Waals surface area contributed by atoms with E-state index in [-0.39, 0.29) is 11.9 Å². The van der Waals surface area contributed by atoms with Gasteiger partial charge in [-0.15, -0.1) is 11.3 Å². The third-order valence-corrected chi connectivity index (χ3v) is 4.47. The quantitative estimate of drug-likeness (QED) is 0.892. The Bertz CT molecular complexity index is 524. The Hall–Kier alpha value is -0.710. The standard InChI is InChI=1S/C13H13BrFNS/c1-8-3-4-10(15)6-11(8)13(16-2)12-5-9(14)7-17-12/h3-7,13,16H,1-2H3. The minimum atomic E-state index is -0.193. The summed E-state index contributed by atoms with van der Waals surface area (Å²) in [7, 11) is 1.89. The fraction of sp³-hybridized carbons (Fsp3) is 0.231. The molecule has 2 rings (SSSR count). The molecule has 1 aromatic heterocycles. The maximum Gasteiger partial charge on any atom is 0.123 e. The Morgan fingerprint density at radius 1 is 1.35 bits per heavy atom. The first kappa shape index (κ1) is 12.7. The van der Waals surface area contributed by atoms with Gasteiger partial charge in [-0.05, 0) is 59.2 Å². The van der Waals surface area contributed by atoms with E-state index in [1.54, 1.807) is 17.4 Å². The lowest BCUT2D eigenvalue weighted by Gasteiger charge is -2.17. The van der Waals surface area contributed by atoms with Crippen LogP contribution in [0, 0.1) is 12.7 Å². The van der Waals surface area contributed by atoms with Gasteiger partial charge in [0.2, 0.25) is 0 Å². The Labute approximate surface area is 113 Å². The van der Waals surface area contributed by atoms with Crippen molar-refractivity contribution < 1.29 is 4.39 Å². The summed E-state index contributed by atoms with van der Waals surface area (Å²) in [6, 6.07) is 7.02. The van der Waals surface area contributed by atoms with Crippen LogP contribution < -0.4 is 5.32 Å².